The van der Waals surface area contributed by atoms with Gasteiger partial charge < -0.3 is 10.2 Å². The minimum atomic E-state index is 0.542. The van der Waals surface area contributed by atoms with Gasteiger partial charge in [-0.15, -0.1) is 0 Å². The maximum Gasteiger partial charge on any atom is 0.0567 e. The molecule has 0 aliphatic carbocycles. The van der Waals surface area contributed by atoms with Crippen molar-refractivity contribution in [1.82, 2.24) is 10.3 Å². The van der Waals surface area contributed by atoms with E-state index in [0.717, 1.165) is 24.1 Å². The molecule has 0 radical (unpaired) electrons. The lowest BCUT2D eigenvalue weighted by atomic mass is 10.2. The highest BCUT2D eigenvalue weighted by Crippen LogP contribution is 2.20. The molecule has 0 saturated carbocycles. The molecule has 14 heavy (non-hydrogen) atoms. The molecule has 0 unspecified atom stereocenters. The van der Waals surface area contributed by atoms with Crippen LogP contribution in [0.4, 0.5) is 5.69 Å². The maximum atomic E-state index is 4.18. The third kappa shape index (κ3) is 2.07. The molecule has 1 aliphatic rings. The molecule has 4 heteroatoms. The first-order chi connectivity index (χ1) is 6.77. The fourth-order valence-corrected chi connectivity index (χ4v) is 2.14. The summed E-state index contributed by atoms with van der Waals surface area (Å²) in [5.41, 5.74) is 1.20. The average molecular weight is 256 g/mol. The van der Waals surface area contributed by atoms with E-state index < -0.39 is 0 Å². The summed E-state index contributed by atoms with van der Waals surface area (Å²) in [6.07, 6.45) is 3.74. The first kappa shape index (κ1) is 9.93. The zero-order valence-electron chi connectivity index (χ0n) is 8.20. The third-order valence-electron chi connectivity index (χ3n) is 2.52. The molecular formula is C10H14BrN3. The molecule has 76 valence electrons. The van der Waals surface area contributed by atoms with Crippen molar-refractivity contribution in [2.24, 2.45) is 0 Å². The summed E-state index contributed by atoms with van der Waals surface area (Å²) in [5, 5.41) is 3.38. The van der Waals surface area contributed by atoms with Gasteiger partial charge >= 0.3 is 0 Å². The standard InChI is InChI=1S/C10H14BrN3/c1-8-5-12-2-3-14(8)10-4-9(11)6-13-7-10/h4,6-8,12H,2-3,5H2,1H3/t8-/m0/s1. The van der Waals surface area contributed by atoms with Crippen LogP contribution < -0.4 is 10.2 Å². The van der Waals surface area contributed by atoms with Crippen LogP contribution in [0.25, 0.3) is 0 Å². The number of nitrogens with zero attached hydrogens (tertiary/aromatic N) is 2. The van der Waals surface area contributed by atoms with E-state index in [9.17, 15) is 0 Å². The number of hydrogen-bond acceptors (Lipinski definition) is 3. The number of rotatable bonds is 1. The van der Waals surface area contributed by atoms with Crippen molar-refractivity contribution in [1.29, 1.82) is 0 Å². The van der Waals surface area contributed by atoms with Gasteiger partial charge in [-0.1, -0.05) is 0 Å². The summed E-state index contributed by atoms with van der Waals surface area (Å²) in [7, 11) is 0. The van der Waals surface area contributed by atoms with E-state index >= 15 is 0 Å². The van der Waals surface area contributed by atoms with Crippen molar-refractivity contribution in [3.8, 4) is 0 Å². The minimum Gasteiger partial charge on any atom is -0.365 e. The van der Waals surface area contributed by atoms with E-state index in [1.54, 1.807) is 0 Å². The fraction of sp³-hybridized carbons (Fsp3) is 0.500. The van der Waals surface area contributed by atoms with Crippen LogP contribution in [0.3, 0.4) is 0 Å². The van der Waals surface area contributed by atoms with Crippen LogP contribution in [-0.4, -0.2) is 30.7 Å². The average Bonchev–Trinajstić information content (AvgIpc) is 2.18. The molecule has 1 saturated heterocycles. The van der Waals surface area contributed by atoms with E-state index in [1.807, 2.05) is 12.4 Å². The normalized spacial score (nSPS) is 22.4. The summed E-state index contributed by atoms with van der Waals surface area (Å²) in [6.45, 7) is 5.38. The Labute approximate surface area is 92.6 Å². The molecule has 1 aromatic rings. The number of piperazine rings is 1. The van der Waals surface area contributed by atoms with Crippen LogP contribution in [0.5, 0.6) is 0 Å². The van der Waals surface area contributed by atoms with Crippen molar-refractivity contribution >= 4 is 21.6 Å². The predicted molar refractivity (Wildman–Crippen MR) is 61.6 cm³/mol. The molecule has 0 amide bonds. The second-order valence-corrected chi connectivity index (χ2v) is 4.52. The highest BCUT2D eigenvalue weighted by Gasteiger charge is 2.18. The van der Waals surface area contributed by atoms with Crippen molar-refractivity contribution in [3.63, 3.8) is 0 Å². The molecule has 2 rings (SSSR count). The molecule has 1 aromatic heterocycles. The first-order valence-electron chi connectivity index (χ1n) is 4.85. The molecule has 2 heterocycles. The van der Waals surface area contributed by atoms with Gasteiger partial charge in [-0.05, 0) is 28.9 Å². The number of halogens is 1. The van der Waals surface area contributed by atoms with Crippen molar-refractivity contribution in [2.45, 2.75) is 13.0 Å². The fourth-order valence-electron chi connectivity index (χ4n) is 1.78. The zero-order valence-corrected chi connectivity index (χ0v) is 9.79. The van der Waals surface area contributed by atoms with Crippen LogP contribution in [0.15, 0.2) is 22.9 Å². The smallest absolute Gasteiger partial charge is 0.0567 e. The van der Waals surface area contributed by atoms with E-state index in [4.69, 9.17) is 0 Å². The van der Waals surface area contributed by atoms with Gasteiger partial charge in [0, 0.05) is 36.3 Å². The zero-order chi connectivity index (χ0) is 9.97. The van der Waals surface area contributed by atoms with Crippen molar-refractivity contribution < 1.29 is 0 Å². The lowest BCUT2D eigenvalue weighted by molar-refractivity contribution is 0.500. The van der Waals surface area contributed by atoms with E-state index in [0.29, 0.717) is 6.04 Å². The molecular weight excluding hydrogens is 242 g/mol. The number of nitrogens with one attached hydrogen (secondary N) is 1. The Bertz CT molecular complexity index is 316. The van der Waals surface area contributed by atoms with Gasteiger partial charge in [0.15, 0.2) is 0 Å². The summed E-state index contributed by atoms with van der Waals surface area (Å²) < 4.78 is 1.04. The Morgan fingerprint density at radius 2 is 2.43 bits per heavy atom. The first-order valence-corrected chi connectivity index (χ1v) is 5.64. The van der Waals surface area contributed by atoms with Gasteiger partial charge in [0.2, 0.25) is 0 Å². The van der Waals surface area contributed by atoms with Crippen LogP contribution >= 0.6 is 15.9 Å². The Balaban J connectivity index is 2.20. The Hall–Kier alpha value is -0.610. The van der Waals surface area contributed by atoms with Crippen LogP contribution in [-0.2, 0) is 0 Å². The monoisotopic (exact) mass is 255 g/mol. The van der Waals surface area contributed by atoms with Crippen molar-refractivity contribution in [3.05, 3.63) is 22.9 Å². The lowest BCUT2D eigenvalue weighted by Crippen LogP contribution is -2.49. The van der Waals surface area contributed by atoms with Crippen LogP contribution in [0.2, 0.25) is 0 Å². The highest BCUT2D eigenvalue weighted by atomic mass is 79.9. The van der Waals surface area contributed by atoms with E-state index in [-0.39, 0.29) is 0 Å². The quantitative estimate of drug-likeness (QED) is 0.828. The van der Waals surface area contributed by atoms with Crippen LogP contribution in [0.1, 0.15) is 6.92 Å². The second-order valence-electron chi connectivity index (χ2n) is 3.61. The summed E-state index contributed by atoms with van der Waals surface area (Å²) in [4.78, 5) is 6.57. The van der Waals surface area contributed by atoms with Gasteiger partial charge in [-0.25, -0.2) is 0 Å². The highest BCUT2D eigenvalue weighted by molar-refractivity contribution is 9.10. The van der Waals surface area contributed by atoms with Gasteiger partial charge in [0.1, 0.15) is 0 Å². The van der Waals surface area contributed by atoms with E-state index in [2.05, 4.69) is 44.1 Å². The molecule has 1 fully saturated rings. The topological polar surface area (TPSA) is 28.2 Å². The summed E-state index contributed by atoms with van der Waals surface area (Å²) in [5.74, 6) is 0. The number of pyridine rings is 1. The molecule has 1 N–H and O–H groups in total. The second kappa shape index (κ2) is 4.28. The lowest BCUT2D eigenvalue weighted by Gasteiger charge is -2.35. The molecule has 0 bridgehead atoms. The van der Waals surface area contributed by atoms with Gasteiger partial charge in [-0.2, -0.15) is 0 Å². The molecule has 1 atom stereocenters. The SMILES string of the molecule is C[C@H]1CNCCN1c1cncc(Br)c1. The van der Waals surface area contributed by atoms with Crippen molar-refractivity contribution in [2.75, 3.05) is 24.5 Å². The molecule has 0 spiro atoms. The summed E-state index contributed by atoms with van der Waals surface area (Å²) >= 11 is 3.44. The Morgan fingerprint density at radius 3 is 3.14 bits per heavy atom. The number of aromatic nitrogens is 1. The third-order valence-corrected chi connectivity index (χ3v) is 2.96. The maximum absolute atomic E-state index is 4.18. The molecule has 1 aliphatic heterocycles. The predicted octanol–water partition coefficient (Wildman–Crippen LogP) is 1.64. The van der Waals surface area contributed by atoms with Gasteiger partial charge in [-0.3, -0.25) is 4.98 Å². The molecule has 3 nitrogen and oxygen atoms in total. The summed E-state index contributed by atoms with van der Waals surface area (Å²) in [6, 6.07) is 2.66. The largest absolute Gasteiger partial charge is 0.365 e. The minimum absolute atomic E-state index is 0.542. The number of hydrogen-bond donors (Lipinski definition) is 1. The van der Waals surface area contributed by atoms with E-state index in [1.165, 1.54) is 5.69 Å². The Morgan fingerprint density at radius 1 is 1.57 bits per heavy atom. The molecule has 0 aromatic carbocycles. The number of anilines is 1. The van der Waals surface area contributed by atoms with Gasteiger partial charge in [0.25, 0.3) is 0 Å². The van der Waals surface area contributed by atoms with Gasteiger partial charge in [0.05, 0.1) is 11.9 Å². The van der Waals surface area contributed by atoms with Crippen LogP contribution in [0, 0.1) is 0 Å². The Kier molecular flexibility index (Phi) is 3.03.